The summed E-state index contributed by atoms with van der Waals surface area (Å²) in [5.74, 6) is -2.98. The average molecular weight is 502 g/mol. The standard InChI is InChI=1S/C25H25F3N4O4/c1-13(17-5-3-15(27)10-19(17)28)29-22(33)21(25-8-7-16(31(25)2)11-36-12-25)32-23(34)18-9-14(26)4-6-20(18)30-24(32)35/h3-6,9-10,13,16,21H,7-8,11-12H2,1-2H3,(H,29,33)(H,30,35)/t13-,16+,21+,25-/m1/s1. The molecule has 0 aliphatic carbocycles. The van der Waals surface area contributed by atoms with Crippen LogP contribution in [-0.4, -0.2) is 52.2 Å². The number of fused-ring (bicyclic) bond motifs is 3. The summed E-state index contributed by atoms with van der Waals surface area (Å²) in [6.45, 7) is 2.03. The summed E-state index contributed by atoms with van der Waals surface area (Å²) in [6, 6.07) is 4.13. The monoisotopic (exact) mass is 502 g/mol. The molecule has 2 bridgehead atoms. The van der Waals surface area contributed by atoms with Gasteiger partial charge in [0.1, 0.15) is 23.5 Å². The summed E-state index contributed by atoms with van der Waals surface area (Å²) >= 11 is 0. The second-order valence-corrected chi connectivity index (χ2v) is 9.52. The number of morpholine rings is 1. The first-order valence-electron chi connectivity index (χ1n) is 11.6. The van der Waals surface area contributed by atoms with Crippen molar-refractivity contribution in [3.63, 3.8) is 0 Å². The van der Waals surface area contributed by atoms with Gasteiger partial charge in [0, 0.05) is 17.7 Å². The molecule has 2 aromatic carbocycles. The van der Waals surface area contributed by atoms with Gasteiger partial charge in [0.25, 0.3) is 5.56 Å². The van der Waals surface area contributed by atoms with Crippen molar-refractivity contribution in [2.75, 3.05) is 20.3 Å². The number of halogens is 3. The number of benzene rings is 2. The van der Waals surface area contributed by atoms with E-state index in [1.807, 2.05) is 11.9 Å². The molecule has 2 aliphatic rings. The Labute approximate surface area is 203 Å². The Morgan fingerprint density at radius 1 is 1.17 bits per heavy atom. The van der Waals surface area contributed by atoms with Gasteiger partial charge >= 0.3 is 5.69 Å². The molecule has 4 atom stereocenters. The Kier molecular flexibility index (Phi) is 6.00. The molecular formula is C25H25F3N4O4. The minimum Gasteiger partial charge on any atom is -0.378 e. The summed E-state index contributed by atoms with van der Waals surface area (Å²) in [5, 5.41) is 2.61. The van der Waals surface area contributed by atoms with E-state index in [1.165, 1.54) is 19.1 Å². The first-order chi connectivity index (χ1) is 17.1. The lowest BCUT2D eigenvalue weighted by Crippen LogP contribution is -2.64. The van der Waals surface area contributed by atoms with Crippen molar-refractivity contribution in [2.24, 2.45) is 0 Å². The highest BCUT2D eigenvalue weighted by Crippen LogP contribution is 2.43. The lowest BCUT2D eigenvalue weighted by molar-refractivity contribution is -0.137. The number of hydrogen-bond acceptors (Lipinski definition) is 5. The van der Waals surface area contributed by atoms with E-state index in [-0.39, 0.29) is 29.1 Å². The number of hydrogen-bond donors (Lipinski definition) is 2. The van der Waals surface area contributed by atoms with Gasteiger partial charge in [-0.15, -0.1) is 0 Å². The first kappa shape index (κ1) is 24.3. The van der Waals surface area contributed by atoms with Crippen LogP contribution in [0.5, 0.6) is 0 Å². The van der Waals surface area contributed by atoms with Gasteiger partial charge in [-0.25, -0.2) is 22.5 Å². The van der Waals surface area contributed by atoms with E-state index in [4.69, 9.17) is 4.74 Å². The number of nitrogens with zero attached hydrogens (tertiary/aromatic N) is 2. The van der Waals surface area contributed by atoms with Crippen LogP contribution in [0.1, 0.15) is 37.4 Å². The maximum absolute atomic E-state index is 14.4. The van der Waals surface area contributed by atoms with Gasteiger partial charge in [0.05, 0.1) is 35.7 Å². The highest BCUT2D eigenvalue weighted by atomic mass is 19.1. The molecule has 1 aromatic heterocycles. The van der Waals surface area contributed by atoms with E-state index in [9.17, 15) is 27.6 Å². The smallest absolute Gasteiger partial charge is 0.329 e. The van der Waals surface area contributed by atoms with Crippen LogP contribution in [0.3, 0.4) is 0 Å². The number of carbonyl (C=O) groups is 1. The van der Waals surface area contributed by atoms with Gasteiger partial charge in [0.15, 0.2) is 0 Å². The van der Waals surface area contributed by atoms with Crippen molar-refractivity contribution in [1.29, 1.82) is 0 Å². The van der Waals surface area contributed by atoms with Crippen molar-refractivity contribution in [1.82, 2.24) is 19.8 Å². The van der Waals surface area contributed by atoms with E-state index in [2.05, 4.69) is 10.3 Å². The fourth-order valence-corrected chi connectivity index (χ4v) is 5.56. The summed E-state index contributed by atoms with van der Waals surface area (Å²) in [7, 11) is 1.81. The molecule has 0 saturated carbocycles. The maximum atomic E-state index is 14.4. The van der Waals surface area contributed by atoms with Crippen LogP contribution >= 0.6 is 0 Å². The fraction of sp³-hybridized carbons (Fsp3) is 0.400. The van der Waals surface area contributed by atoms with Crippen molar-refractivity contribution in [2.45, 2.75) is 43.4 Å². The van der Waals surface area contributed by atoms with Gasteiger partial charge in [0.2, 0.25) is 5.91 Å². The van der Waals surface area contributed by atoms with Gasteiger partial charge < -0.3 is 15.0 Å². The molecule has 11 heteroatoms. The van der Waals surface area contributed by atoms with Gasteiger partial charge in [-0.1, -0.05) is 6.07 Å². The van der Waals surface area contributed by atoms with E-state index in [0.717, 1.165) is 22.8 Å². The van der Waals surface area contributed by atoms with Crippen LogP contribution < -0.4 is 16.6 Å². The molecule has 0 spiro atoms. The second-order valence-electron chi connectivity index (χ2n) is 9.52. The zero-order valence-electron chi connectivity index (χ0n) is 19.7. The van der Waals surface area contributed by atoms with Gasteiger partial charge in [-0.05, 0) is 51.1 Å². The maximum Gasteiger partial charge on any atom is 0.329 e. The topological polar surface area (TPSA) is 96.4 Å². The van der Waals surface area contributed by atoms with Gasteiger partial charge in [-0.3, -0.25) is 14.5 Å². The number of aromatic nitrogens is 2. The van der Waals surface area contributed by atoms with Crippen molar-refractivity contribution in [3.05, 3.63) is 80.3 Å². The minimum absolute atomic E-state index is 0.0197. The van der Waals surface area contributed by atoms with Gasteiger partial charge in [-0.2, -0.15) is 0 Å². The Balaban J connectivity index is 1.65. The number of likely N-dealkylation sites (N-methyl/N-ethyl adjacent to an activating group) is 1. The molecule has 3 heterocycles. The number of carbonyl (C=O) groups excluding carboxylic acids is 1. The van der Waals surface area contributed by atoms with Crippen LogP contribution in [0.2, 0.25) is 0 Å². The third-order valence-electron chi connectivity index (χ3n) is 7.52. The molecule has 8 nitrogen and oxygen atoms in total. The summed E-state index contributed by atoms with van der Waals surface area (Å²) in [5.41, 5.74) is -2.53. The van der Waals surface area contributed by atoms with Crippen molar-refractivity contribution in [3.8, 4) is 0 Å². The summed E-state index contributed by atoms with van der Waals surface area (Å²) < 4.78 is 48.4. The predicted molar refractivity (Wildman–Crippen MR) is 125 cm³/mol. The summed E-state index contributed by atoms with van der Waals surface area (Å²) in [6.07, 6.45) is 1.13. The number of amides is 1. The molecule has 2 aliphatic heterocycles. The predicted octanol–water partition coefficient (Wildman–Crippen LogP) is 2.39. The third kappa shape index (κ3) is 3.82. The number of aromatic amines is 1. The molecular weight excluding hydrogens is 477 g/mol. The fourth-order valence-electron chi connectivity index (χ4n) is 5.56. The SMILES string of the molecule is C[C@@H](NC(=O)[C@H](n1c(=O)[nH]c2ccc(F)cc2c1=O)[C@@]12CC[C@@H](COC1)N2C)c1ccc(F)cc1F. The van der Waals surface area contributed by atoms with Crippen LogP contribution in [0.4, 0.5) is 13.2 Å². The zero-order valence-corrected chi connectivity index (χ0v) is 19.7. The molecule has 5 rings (SSSR count). The third-order valence-corrected chi connectivity index (χ3v) is 7.52. The molecule has 0 unspecified atom stereocenters. The largest absolute Gasteiger partial charge is 0.378 e. The van der Waals surface area contributed by atoms with Crippen LogP contribution in [0, 0.1) is 17.5 Å². The molecule has 190 valence electrons. The van der Waals surface area contributed by atoms with Crippen LogP contribution in [0.25, 0.3) is 10.9 Å². The second kappa shape index (κ2) is 8.90. The molecule has 3 aromatic rings. The minimum atomic E-state index is -1.37. The molecule has 2 fully saturated rings. The quantitative estimate of drug-likeness (QED) is 0.559. The lowest BCUT2D eigenvalue weighted by atomic mass is 9.86. The van der Waals surface area contributed by atoms with Crippen LogP contribution in [-0.2, 0) is 9.53 Å². The Bertz CT molecular complexity index is 1470. The number of nitrogens with one attached hydrogen (secondary N) is 2. The first-order valence-corrected chi connectivity index (χ1v) is 11.6. The van der Waals surface area contributed by atoms with E-state index in [0.29, 0.717) is 25.5 Å². The highest BCUT2D eigenvalue weighted by Gasteiger charge is 2.56. The molecule has 2 N–H and O–H groups in total. The number of rotatable bonds is 5. The van der Waals surface area contributed by atoms with Crippen molar-refractivity contribution >= 4 is 16.8 Å². The molecule has 2 saturated heterocycles. The number of H-pyrrole nitrogens is 1. The molecule has 0 radical (unpaired) electrons. The molecule has 36 heavy (non-hydrogen) atoms. The zero-order chi connectivity index (χ0) is 25.8. The Morgan fingerprint density at radius 3 is 2.64 bits per heavy atom. The normalized spacial score (nSPS) is 23.5. The van der Waals surface area contributed by atoms with E-state index < -0.39 is 52.2 Å². The van der Waals surface area contributed by atoms with Crippen molar-refractivity contribution < 1.29 is 22.7 Å². The number of ether oxygens (including phenoxy) is 1. The molecule has 1 amide bonds. The Morgan fingerprint density at radius 2 is 1.89 bits per heavy atom. The van der Waals surface area contributed by atoms with E-state index >= 15 is 0 Å². The average Bonchev–Trinajstić information content (AvgIpc) is 2.99. The van der Waals surface area contributed by atoms with Crippen LogP contribution in [0.15, 0.2) is 46.0 Å². The summed E-state index contributed by atoms with van der Waals surface area (Å²) in [4.78, 5) is 45.2. The Hall–Kier alpha value is -3.44. The lowest BCUT2D eigenvalue weighted by Gasteiger charge is -2.46. The highest BCUT2D eigenvalue weighted by molar-refractivity contribution is 5.83. The van der Waals surface area contributed by atoms with E-state index in [1.54, 1.807) is 0 Å².